The van der Waals surface area contributed by atoms with Crippen molar-refractivity contribution in [2.75, 3.05) is 6.61 Å². The van der Waals surface area contributed by atoms with Crippen LogP contribution in [-0.2, 0) is 28.7 Å². The number of halogens is 1. The maximum atomic E-state index is 12.9. The first-order chi connectivity index (χ1) is 17.0. The number of carbonyl (C=O) groups excluding carboxylic acids is 4. The molecule has 6 nitrogen and oxygen atoms in total. The minimum Gasteiger partial charge on any atom is -0.465 e. The summed E-state index contributed by atoms with van der Waals surface area (Å²) in [5.74, 6) is 0.359. The van der Waals surface area contributed by atoms with Gasteiger partial charge in [0.1, 0.15) is 18.7 Å². The molecule has 0 aromatic rings. The van der Waals surface area contributed by atoms with Gasteiger partial charge in [0.25, 0.3) is 0 Å². The molecule has 202 valence electrons. The van der Waals surface area contributed by atoms with Gasteiger partial charge in [-0.25, -0.2) is 0 Å². The van der Waals surface area contributed by atoms with E-state index in [0.717, 1.165) is 51.1 Å². The first-order valence-corrected chi connectivity index (χ1v) is 14.8. The molecule has 2 fully saturated rings. The van der Waals surface area contributed by atoms with Gasteiger partial charge >= 0.3 is 11.9 Å². The predicted molar refractivity (Wildman–Crippen MR) is 146 cm³/mol. The lowest BCUT2D eigenvalue weighted by atomic mass is 9.46. The lowest BCUT2D eigenvalue weighted by Crippen LogP contribution is -2.54. The summed E-state index contributed by atoms with van der Waals surface area (Å²) in [5, 5.41) is 0. The normalized spacial score (nSPS) is 36.2. The minimum atomic E-state index is -0.297. The molecular weight excluding hydrogens is 571 g/mol. The Labute approximate surface area is 229 Å². The highest BCUT2D eigenvalue weighted by molar-refractivity contribution is 14.1. The van der Waals surface area contributed by atoms with Gasteiger partial charge in [-0.15, -0.1) is 0 Å². The van der Waals surface area contributed by atoms with Crippen LogP contribution in [-0.4, -0.2) is 41.1 Å². The molecule has 0 N–H and O–H groups in total. The van der Waals surface area contributed by atoms with Crippen molar-refractivity contribution in [3.05, 3.63) is 11.6 Å². The monoisotopic (exact) mass is 614 g/mol. The third-order valence-corrected chi connectivity index (χ3v) is 12.1. The van der Waals surface area contributed by atoms with E-state index in [1.165, 1.54) is 12.5 Å². The van der Waals surface area contributed by atoms with E-state index in [4.69, 9.17) is 9.47 Å². The van der Waals surface area contributed by atoms with Gasteiger partial charge in [0.05, 0.1) is 12.5 Å². The zero-order valence-electron chi connectivity index (χ0n) is 22.5. The maximum Gasteiger partial charge on any atom is 0.309 e. The number of alkyl halides is 1. The van der Waals surface area contributed by atoms with Gasteiger partial charge in [-0.1, -0.05) is 61.9 Å². The van der Waals surface area contributed by atoms with Crippen LogP contribution in [0, 0.1) is 40.4 Å². The molecule has 9 atom stereocenters. The van der Waals surface area contributed by atoms with Crippen LogP contribution in [0.25, 0.3) is 0 Å². The highest BCUT2D eigenvalue weighted by atomic mass is 127. The van der Waals surface area contributed by atoms with Crippen LogP contribution in [0.5, 0.6) is 0 Å². The predicted octanol–water partition coefficient (Wildman–Crippen LogP) is 5.88. The van der Waals surface area contributed by atoms with Crippen molar-refractivity contribution >= 4 is 47.1 Å². The number of carbonyl (C=O) groups is 4. The number of hydrogen-bond donors (Lipinski definition) is 0. The molecule has 0 aromatic carbocycles. The van der Waals surface area contributed by atoms with Crippen molar-refractivity contribution in [2.45, 2.75) is 96.0 Å². The molecule has 3 rings (SSSR count). The van der Waals surface area contributed by atoms with Crippen molar-refractivity contribution in [3.8, 4) is 0 Å². The lowest BCUT2D eigenvalue weighted by Gasteiger charge is -2.59. The molecule has 0 radical (unpaired) electrons. The summed E-state index contributed by atoms with van der Waals surface area (Å²) in [6.07, 6.45) is 10.8. The SMILES string of the molecule is CC(=O)O[C@H]1CC[C@@]2(C)C(=CC[C@H]3[C@H](CC=O)[C@@](C)([C@@H](I)[C@H](C)C(=O)OC[C@H](C)CC=O)CC[C@@H]32)C1. The number of hydrogen-bond acceptors (Lipinski definition) is 6. The van der Waals surface area contributed by atoms with Crippen LogP contribution in [0.2, 0.25) is 0 Å². The van der Waals surface area contributed by atoms with Gasteiger partial charge in [0.2, 0.25) is 0 Å². The summed E-state index contributed by atoms with van der Waals surface area (Å²) < 4.78 is 11.2. The highest BCUT2D eigenvalue weighted by Crippen LogP contribution is 2.63. The van der Waals surface area contributed by atoms with Crippen molar-refractivity contribution < 1.29 is 28.7 Å². The van der Waals surface area contributed by atoms with E-state index < -0.39 is 0 Å². The Morgan fingerprint density at radius 3 is 2.53 bits per heavy atom. The molecule has 0 saturated heterocycles. The number of fused-ring (bicyclic) bond motifs is 3. The summed E-state index contributed by atoms with van der Waals surface area (Å²) in [7, 11) is 0. The van der Waals surface area contributed by atoms with Crippen LogP contribution < -0.4 is 0 Å². The number of esters is 2. The molecule has 3 aliphatic rings. The van der Waals surface area contributed by atoms with Crippen LogP contribution in [0.3, 0.4) is 0 Å². The first kappa shape index (κ1) is 29.3. The molecule has 0 amide bonds. The third kappa shape index (κ3) is 5.91. The molecule has 0 unspecified atom stereocenters. The van der Waals surface area contributed by atoms with Crippen LogP contribution in [0.1, 0.15) is 86.0 Å². The van der Waals surface area contributed by atoms with E-state index >= 15 is 0 Å². The molecule has 0 heterocycles. The average molecular weight is 615 g/mol. The van der Waals surface area contributed by atoms with E-state index in [2.05, 4.69) is 42.5 Å². The maximum absolute atomic E-state index is 12.9. The number of rotatable bonds is 10. The largest absolute Gasteiger partial charge is 0.465 e. The van der Waals surface area contributed by atoms with Gasteiger partial charge in [0, 0.05) is 30.1 Å². The van der Waals surface area contributed by atoms with Gasteiger partial charge in [0.15, 0.2) is 0 Å². The highest BCUT2D eigenvalue weighted by Gasteiger charge is 2.57. The summed E-state index contributed by atoms with van der Waals surface area (Å²) in [6.45, 7) is 10.2. The fourth-order valence-electron chi connectivity index (χ4n) is 7.48. The van der Waals surface area contributed by atoms with E-state index in [0.29, 0.717) is 24.7 Å². The van der Waals surface area contributed by atoms with Crippen molar-refractivity contribution in [1.29, 1.82) is 0 Å². The summed E-state index contributed by atoms with van der Waals surface area (Å²) >= 11 is 2.43. The van der Waals surface area contributed by atoms with Gasteiger partial charge in [-0.3, -0.25) is 9.59 Å². The first-order valence-electron chi connectivity index (χ1n) is 13.5. The third-order valence-electron chi connectivity index (χ3n) is 9.63. The van der Waals surface area contributed by atoms with Crippen molar-refractivity contribution in [3.63, 3.8) is 0 Å². The molecule has 0 aliphatic heterocycles. The molecule has 3 aliphatic carbocycles. The Bertz CT molecular complexity index is 870. The average Bonchev–Trinajstić information content (AvgIpc) is 2.83. The topological polar surface area (TPSA) is 86.7 Å². The molecule has 0 aromatic heterocycles. The van der Waals surface area contributed by atoms with Crippen molar-refractivity contribution in [2.24, 2.45) is 40.4 Å². The van der Waals surface area contributed by atoms with Crippen LogP contribution in [0.4, 0.5) is 0 Å². The fraction of sp³-hybridized carbons (Fsp3) is 0.793. The van der Waals surface area contributed by atoms with E-state index in [-0.39, 0.29) is 57.2 Å². The van der Waals surface area contributed by atoms with Gasteiger partial charge < -0.3 is 19.1 Å². The van der Waals surface area contributed by atoms with Gasteiger partial charge in [-0.05, 0) is 66.6 Å². The Morgan fingerprint density at radius 2 is 1.89 bits per heavy atom. The van der Waals surface area contributed by atoms with Crippen LogP contribution in [0.15, 0.2) is 11.6 Å². The van der Waals surface area contributed by atoms with E-state index in [9.17, 15) is 19.2 Å². The lowest BCUT2D eigenvalue weighted by molar-refractivity contribution is -0.151. The van der Waals surface area contributed by atoms with E-state index in [1.807, 2.05) is 13.8 Å². The number of aldehydes is 2. The Kier molecular flexibility index (Phi) is 9.83. The molecule has 0 spiro atoms. The zero-order valence-corrected chi connectivity index (χ0v) is 24.6. The number of ether oxygens (including phenoxy) is 2. The Hall–Kier alpha value is -1.25. The standard InChI is InChI=1S/C29H43IO6/c1-18(10-14-31)17-35-27(34)19(2)26(30)29(5)13-9-24-23(25(29)11-15-32)7-6-21-16-22(36-20(3)33)8-12-28(21,24)4/h6,14-15,18-19,22-26H,7-13,16-17H2,1-5H3/t18-,19+,22+,23-,24+,25+,26+,28+,29+/m1/s1. The molecular formula is C29H43IO6. The summed E-state index contributed by atoms with van der Waals surface area (Å²) in [6, 6.07) is 0. The molecule has 2 saturated carbocycles. The Balaban J connectivity index is 1.79. The fourth-order valence-corrected chi connectivity index (χ4v) is 8.55. The number of allylic oxidation sites excluding steroid dienone is 1. The minimum absolute atomic E-state index is 0.0139. The summed E-state index contributed by atoms with van der Waals surface area (Å²) in [5.41, 5.74) is 1.33. The quantitative estimate of drug-likeness (QED) is 0.100. The Morgan fingerprint density at radius 1 is 1.17 bits per heavy atom. The smallest absolute Gasteiger partial charge is 0.309 e. The van der Waals surface area contributed by atoms with Crippen molar-refractivity contribution in [1.82, 2.24) is 0 Å². The molecule has 0 bridgehead atoms. The zero-order chi connectivity index (χ0) is 26.7. The molecule has 7 heteroatoms. The summed E-state index contributed by atoms with van der Waals surface area (Å²) in [4.78, 5) is 47.1. The van der Waals surface area contributed by atoms with E-state index in [1.54, 1.807) is 0 Å². The van der Waals surface area contributed by atoms with Gasteiger partial charge in [-0.2, -0.15) is 0 Å². The van der Waals surface area contributed by atoms with Crippen LogP contribution >= 0.6 is 22.6 Å². The molecule has 36 heavy (non-hydrogen) atoms. The second-order valence-electron chi connectivity index (χ2n) is 12.0. The second kappa shape index (κ2) is 12.1. The second-order valence-corrected chi connectivity index (χ2v) is 13.4.